The van der Waals surface area contributed by atoms with E-state index in [2.05, 4.69) is 18.7 Å². The molecule has 2 heteroatoms. The van der Waals surface area contributed by atoms with E-state index in [1.54, 1.807) is 0 Å². The minimum absolute atomic E-state index is 0.00528. The molecule has 1 heterocycles. The van der Waals surface area contributed by atoms with Crippen molar-refractivity contribution in [1.82, 2.24) is 4.90 Å². The van der Waals surface area contributed by atoms with Crippen molar-refractivity contribution in [3.8, 4) is 0 Å². The number of hydrogen-bond donors (Lipinski definition) is 0. The van der Waals surface area contributed by atoms with Crippen molar-refractivity contribution in [3.63, 3.8) is 0 Å². The van der Waals surface area contributed by atoms with E-state index < -0.39 is 0 Å². The highest BCUT2D eigenvalue weighted by molar-refractivity contribution is 5.60. The van der Waals surface area contributed by atoms with Crippen molar-refractivity contribution in [2.45, 2.75) is 58.4 Å². The van der Waals surface area contributed by atoms with Crippen LogP contribution in [-0.2, 0) is 4.79 Å². The Morgan fingerprint density at radius 2 is 1.94 bits per heavy atom. The molecule has 2 unspecified atom stereocenters. The maximum absolute atomic E-state index is 11.4. The number of aldehydes is 1. The zero-order chi connectivity index (χ0) is 11.6. The first-order valence-electron chi connectivity index (χ1n) is 6.86. The van der Waals surface area contributed by atoms with Gasteiger partial charge in [-0.15, -0.1) is 0 Å². The van der Waals surface area contributed by atoms with Crippen LogP contribution >= 0.6 is 0 Å². The third-order valence-electron chi connectivity index (χ3n) is 4.61. The number of rotatable bonds is 3. The van der Waals surface area contributed by atoms with Gasteiger partial charge in [-0.25, -0.2) is 0 Å². The van der Waals surface area contributed by atoms with Crippen LogP contribution in [0.3, 0.4) is 0 Å². The van der Waals surface area contributed by atoms with Gasteiger partial charge in [0.15, 0.2) is 0 Å². The van der Waals surface area contributed by atoms with Gasteiger partial charge in [0.1, 0.15) is 6.29 Å². The summed E-state index contributed by atoms with van der Waals surface area (Å²) in [5, 5.41) is 0. The summed E-state index contributed by atoms with van der Waals surface area (Å²) < 4.78 is 0. The molecule has 0 amide bonds. The van der Waals surface area contributed by atoms with Crippen molar-refractivity contribution in [1.29, 1.82) is 0 Å². The molecule has 1 saturated carbocycles. The lowest BCUT2D eigenvalue weighted by atomic mass is 9.85. The lowest BCUT2D eigenvalue weighted by Gasteiger charge is -2.40. The highest BCUT2D eigenvalue weighted by atomic mass is 16.1. The van der Waals surface area contributed by atoms with Gasteiger partial charge in [0.25, 0.3) is 0 Å². The number of carbonyl (C=O) groups excluding carboxylic acids is 1. The Hall–Kier alpha value is -0.370. The lowest BCUT2D eigenvalue weighted by molar-refractivity contribution is -0.117. The molecule has 2 atom stereocenters. The molecule has 2 aliphatic rings. The van der Waals surface area contributed by atoms with Crippen LogP contribution in [0.5, 0.6) is 0 Å². The molecule has 0 aromatic carbocycles. The molecule has 16 heavy (non-hydrogen) atoms. The van der Waals surface area contributed by atoms with Crippen LogP contribution in [0.25, 0.3) is 0 Å². The Balaban J connectivity index is 1.98. The predicted molar refractivity (Wildman–Crippen MR) is 66.4 cm³/mol. The molecule has 0 N–H and O–H groups in total. The number of carbonyl (C=O) groups is 1. The van der Waals surface area contributed by atoms with E-state index in [1.807, 2.05) is 0 Å². The standard InChI is InChI=1S/C14H25NO/c1-12-5-6-13(2)15(9-12)10-14(11-16)7-3-4-8-14/h11-13H,3-10H2,1-2H3. The topological polar surface area (TPSA) is 20.3 Å². The number of nitrogens with zero attached hydrogens (tertiary/aromatic N) is 1. The summed E-state index contributed by atoms with van der Waals surface area (Å²) in [6.45, 7) is 6.86. The van der Waals surface area contributed by atoms with E-state index in [0.29, 0.717) is 6.04 Å². The predicted octanol–water partition coefficient (Wildman–Crippen LogP) is 2.87. The van der Waals surface area contributed by atoms with Gasteiger partial charge in [0.2, 0.25) is 0 Å². The summed E-state index contributed by atoms with van der Waals surface area (Å²) in [5.74, 6) is 0.807. The van der Waals surface area contributed by atoms with Crippen LogP contribution in [0.2, 0.25) is 0 Å². The van der Waals surface area contributed by atoms with Crippen molar-refractivity contribution >= 4 is 6.29 Å². The van der Waals surface area contributed by atoms with Crippen LogP contribution in [0.15, 0.2) is 0 Å². The summed E-state index contributed by atoms with van der Waals surface area (Å²) in [7, 11) is 0. The van der Waals surface area contributed by atoms with E-state index in [4.69, 9.17) is 0 Å². The molecule has 0 radical (unpaired) electrons. The zero-order valence-corrected chi connectivity index (χ0v) is 10.7. The smallest absolute Gasteiger partial charge is 0.127 e. The minimum Gasteiger partial charge on any atom is -0.303 e. The SMILES string of the molecule is CC1CCC(C)N(CC2(C=O)CCCC2)C1. The van der Waals surface area contributed by atoms with Crippen molar-refractivity contribution < 1.29 is 4.79 Å². The minimum atomic E-state index is 0.00528. The van der Waals surface area contributed by atoms with Crippen molar-refractivity contribution in [2.24, 2.45) is 11.3 Å². The van der Waals surface area contributed by atoms with Crippen molar-refractivity contribution in [3.05, 3.63) is 0 Å². The van der Waals surface area contributed by atoms with E-state index >= 15 is 0 Å². The van der Waals surface area contributed by atoms with Gasteiger partial charge in [0.05, 0.1) is 0 Å². The van der Waals surface area contributed by atoms with Gasteiger partial charge in [-0.2, -0.15) is 0 Å². The molecule has 0 aromatic heterocycles. The molecular weight excluding hydrogens is 198 g/mol. The normalized spacial score (nSPS) is 35.1. The van der Waals surface area contributed by atoms with Gasteiger partial charge < -0.3 is 4.79 Å². The highest BCUT2D eigenvalue weighted by Crippen LogP contribution is 2.38. The second-order valence-corrected chi connectivity index (χ2v) is 6.15. The Morgan fingerprint density at radius 1 is 1.25 bits per heavy atom. The number of hydrogen-bond acceptors (Lipinski definition) is 2. The first-order valence-corrected chi connectivity index (χ1v) is 6.86. The van der Waals surface area contributed by atoms with Crippen LogP contribution < -0.4 is 0 Å². The van der Waals surface area contributed by atoms with E-state index in [-0.39, 0.29) is 5.41 Å². The summed E-state index contributed by atoms with van der Waals surface area (Å²) >= 11 is 0. The summed E-state index contributed by atoms with van der Waals surface area (Å²) in [6, 6.07) is 0.675. The fourth-order valence-corrected chi connectivity index (χ4v) is 3.40. The van der Waals surface area contributed by atoms with Crippen LogP contribution in [-0.4, -0.2) is 30.3 Å². The summed E-state index contributed by atoms with van der Waals surface area (Å²) in [5.41, 5.74) is 0.00528. The molecule has 0 bridgehead atoms. The first kappa shape index (κ1) is 12.1. The van der Waals surface area contributed by atoms with Gasteiger partial charge in [0, 0.05) is 24.5 Å². The highest BCUT2D eigenvalue weighted by Gasteiger charge is 2.37. The van der Waals surface area contributed by atoms with Crippen molar-refractivity contribution in [2.75, 3.05) is 13.1 Å². The maximum Gasteiger partial charge on any atom is 0.127 e. The monoisotopic (exact) mass is 223 g/mol. The lowest BCUT2D eigenvalue weighted by Crippen LogP contribution is -2.47. The number of likely N-dealkylation sites (tertiary alicyclic amines) is 1. The molecule has 1 saturated heterocycles. The Kier molecular flexibility index (Phi) is 3.68. The maximum atomic E-state index is 11.4. The summed E-state index contributed by atoms with van der Waals surface area (Å²) in [6.07, 6.45) is 8.64. The molecule has 92 valence electrons. The van der Waals surface area contributed by atoms with Gasteiger partial charge in [-0.05, 0) is 38.5 Å². The van der Waals surface area contributed by atoms with Crippen LogP contribution in [0.1, 0.15) is 52.4 Å². The molecule has 0 spiro atoms. The fraction of sp³-hybridized carbons (Fsp3) is 0.929. The summed E-state index contributed by atoms with van der Waals surface area (Å²) in [4.78, 5) is 13.9. The molecule has 0 aromatic rings. The molecule has 2 fully saturated rings. The molecule has 2 nitrogen and oxygen atoms in total. The fourth-order valence-electron chi connectivity index (χ4n) is 3.40. The largest absolute Gasteiger partial charge is 0.303 e. The van der Waals surface area contributed by atoms with Gasteiger partial charge >= 0.3 is 0 Å². The Morgan fingerprint density at radius 3 is 2.56 bits per heavy atom. The van der Waals surface area contributed by atoms with Gasteiger partial charge in [-0.1, -0.05) is 19.8 Å². The second-order valence-electron chi connectivity index (χ2n) is 6.15. The molecular formula is C14H25NO. The van der Waals surface area contributed by atoms with E-state index in [1.165, 1.54) is 38.5 Å². The zero-order valence-electron chi connectivity index (χ0n) is 10.7. The molecule has 2 rings (SSSR count). The van der Waals surface area contributed by atoms with Gasteiger partial charge in [-0.3, -0.25) is 4.90 Å². The van der Waals surface area contributed by atoms with Crippen LogP contribution in [0, 0.1) is 11.3 Å². The average molecular weight is 223 g/mol. The third-order valence-corrected chi connectivity index (χ3v) is 4.61. The molecule has 1 aliphatic carbocycles. The van der Waals surface area contributed by atoms with E-state index in [9.17, 15) is 4.79 Å². The quantitative estimate of drug-likeness (QED) is 0.686. The Labute approximate surface area is 99.4 Å². The molecule has 1 aliphatic heterocycles. The second kappa shape index (κ2) is 4.87. The Bertz CT molecular complexity index is 245. The first-order chi connectivity index (χ1) is 7.65. The third kappa shape index (κ3) is 2.48. The van der Waals surface area contributed by atoms with E-state index in [0.717, 1.165) is 25.3 Å². The average Bonchev–Trinajstić information content (AvgIpc) is 2.73. The number of piperidine rings is 1. The van der Waals surface area contributed by atoms with Crippen LogP contribution in [0.4, 0.5) is 0 Å².